The minimum Gasteiger partial charge on any atom is -0.379 e. The summed E-state index contributed by atoms with van der Waals surface area (Å²) in [5, 5.41) is 3.41. The summed E-state index contributed by atoms with van der Waals surface area (Å²) >= 11 is 0. The largest absolute Gasteiger partial charge is 0.379 e. The predicted octanol–water partition coefficient (Wildman–Crippen LogP) is 0.102. The first-order chi connectivity index (χ1) is 5.12. The van der Waals surface area contributed by atoms with Crippen molar-refractivity contribution in [3.63, 3.8) is 0 Å². The van der Waals surface area contributed by atoms with Crippen molar-refractivity contribution in [3.8, 4) is 0 Å². The summed E-state index contributed by atoms with van der Waals surface area (Å²) in [5.74, 6) is 0. The van der Waals surface area contributed by atoms with E-state index in [1.165, 1.54) is 0 Å². The molecule has 0 saturated carbocycles. The van der Waals surface area contributed by atoms with Crippen molar-refractivity contribution in [2.45, 2.75) is 31.8 Å². The molecule has 2 atom stereocenters. The van der Waals surface area contributed by atoms with Gasteiger partial charge in [0.15, 0.2) is 0 Å². The predicted molar refractivity (Wildman–Crippen MR) is 45.5 cm³/mol. The van der Waals surface area contributed by atoms with E-state index < -0.39 is 0 Å². The van der Waals surface area contributed by atoms with Gasteiger partial charge in [0.1, 0.15) is 0 Å². The van der Waals surface area contributed by atoms with Crippen LogP contribution >= 0.6 is 0 Å². The number of hydrogen-bond acceptors (Lipinski definition) is 3. The number of hydrogen-bond donors (Lipinski definition) is 2. The smallest absolute Gasteiger partial charge is 0.0646 e. The Morgan fingerprint density at radius 2 is 2.45 bits per heavy atom. The van der Waals surface area contributed by atoms with Gasteiger partial charge in [-0.1, -0.05) is 0 Å². The van der Waals surface area contributed by atoms with Crippen LogP contribution in [-0.2, 0) is 4.74 Å². The summed E-state index contributed by atoms with van der Waals surface area (Å²) in [5.41, 5.74) is 5.80. The van der Waals surface area contributed by atoms with E-state index in [-0.39, 0.29) is 11.6 Å². The normalized spacial score (nSPS) is 34.1. The molecule has 1 aliphatic rings. The molecule has 66 valence electrons. The average molecular weight is 158 g/mol. The Bertz CT molecular complexity index is 119. The van der Waals surface area contributed by atoms with Crippen LogP contribution in [0.5, 0.6) is 0 Å². The van der Waals surface area contributed by atoms with E-state index in [4.69, 9.17) is 10.5 Å². The fraction of sp³-hybridized carbons (Fsp3) is 1.00. The monoisotopic (exact) mass is 158 g/mol. The van der Waals surface area contributed by atoms with Gasteiger partial charge in [-0.25, -0.2) is 0 Å². The second-order valence-electron chi connectivity index (χ2n) is 3.72. The second kappa shape index (κ2) is 3.52. The Morgan fingerprint density at radius 3 is 2.91 bits per heavy atom. The molecule has 1 aliphatic heterocycles. The number of nitrogens with two attached hydrogens (primary N) is 1. The standard InChI is InChI=1S/C8H18N2O/c1-7(9)5-10-8(2)3-4-11-6-8/h7,10H,3-6,9H2,1-2H3/t7-,8?/m0/s1. The summed E-state index contributed by atoms with van der Waals surface area (Å²) < 4.78 is 5.29. The van der Waals surface area contributed by atoms with E-state index >= 15 is 0 Å². The third-order valence-corrected chi connectivity index (χ3v) is 2.07. The molecule has 0 amide bonds. The Morgan fingerprint density at radius 1 is 1.73 bits per heavy atom. The molecule has 1 unspecified atom stereocenters. The molecule has 1 heterocycles. The maximum Gasteiger partial charge on any atom is 0.0646 e. The first kappa shape index (κ1) is 8.97. The molecular weight excluding hydrogens is 140 g/mol. The van der Waals surface area contributed by atoms with Crippen molar-refractivity contribution in [3.05, 3.63) is 0 Å². The van der Waals surface area contributed by atoms with E-state index in [1.54, 1.807) is 0 Å². The molecule has 1 rings (SSSR count). The van der Waals surface area contributed by atoms with Gasteiger partial charge >= 0.3 is 0 Å². The summed E-state index contributed by atoms with van der Waals surface area (Å²) in [7, 11) is 0. The van der Waals surface area contributed by atoms with Crippen LogP contribution in [0, 0.1) is 0 Å². The maximum atomic E-state index is 5.63. The van der Waals surface area contributed by atoms with Gasteiger partial charge in [-0.05, 0) is 20.3 Å². The molecule has 3 heteroatoms. The molecular formula is C8H18N2O. The highest BCUT2D eigenvalue weighted by Gasteiger charge is 2.28. The summed E-state index contributed by atoms with van der Waals surface area (Å²) in [6.45, 7) is 6.76. The van der Waals surface area contributed by atoms with E-state index in [9.17, 15) is 0 Å². The molecule has 11 heavy (non-hydrogen) atoms. The van der Waals surface area contributed by atoms with E-state index in [0.29, 0.717) is 0 Å². The summed E-state index contributed by atoms with van der Waals surface area (Å²) in [4.78, 5) is 0. The molecule has 0 bridgehead atoms. The molecule has 3 N–H and O–H groups in total. The van der Waals surface area contributed by atoms with Gasteiger partial charge in [0.2, 0.25) is 0 Å². The van der Waals surface area contributed by atoms with Gasteiger partial charge in [-0.2, -0.15) is 0 Å². The minimum absolute atomic E-state index is 0.174. The van der Waals surface area contributed by atoms with Crippen LogP contribution in [-0.4, -0.2) is 31.3 Å². The van der Waals surface area contributed by atoms with E-state index in [2.05, 4.69) is 12.2 Å². The lowest BCUT2D eigenvalue weighted by Gasteiger charge is -2.24. The zero-order valence-electron chi connectivity index (χ0n) is 7.39. The van der Waals surface area contributed by atoms with Crippen LogP contribution in [0.4, 0.5) is 0 Å². The minimum atomic E-state index is 0.174. The Balaban J connectivity index is 2.23. The first-order valence-corrected chi connectivity index (χ1v) is 4.21. The SMILES string of the molecule is C[C@H](N)CNC1(C)CCOC1. The van der Waals surface area contributed by atoms with Crippen LogP contribution in [0.2, 0.25) is 0 Å². The molecule has 3 nitrogen and oxygen atoms in total. The lowest BCUT2D eigenvalue weighted by Crippen LogP contribution is -2.47. The molecule has 0 aromatic rings. The summed E-state index contributed by atoms with van der Waals surface area (Å²) in [6.07, 6.45) is 1.10. The fourth-order valence-electron chi connectivity index (χ4n) is 1.21. The van der Waals surface area contributed by atoms with Crippen molar-refractivity contribution in [2.75, 3.05) is 19.8 Å². The van der Waals surface area contributed by atoms with E-state index in [0.717, 1.165) is 26.2 Å². The van der Waals surface area contributed by atoms with Crippen LogP contribution in [0.15, 0.2) is 0 Å². The number of nitrogens with one attached hydrogen (secondary N) is 1. The Labute approximate surface area is 68.3 Å². The molecule has 0 radical (unpaired) electrons. The van der Waals surface area contributed by atoms with Gasteiger partial charge < -0.3 is 15.8 Å². The zero-order chi connectivity index (χ0) is 8.32. The Kier molecular flexibility index (Phi) is 2.87. The molecule has 1 fully saturated rings. The van der Waals surface area contributed by atoms with Crippen molar-refractivity contribution >= 4 is 0 Å². The van der Waals surface area contributed by atoms with Crippen molar-refractivity contribution in [2.24, 2.45) is 5.73 Å². The lowest BCUT2D eigenvalue weighted by atomic mass is 10.0. The quantitative estimate of drug-likeness (QED) is 0.612. The molecule has 0 spiro atoms. The van der Waals surface area contributed by atoms with Crippen LogP contribution in [0.3, 0.4) is 0 Å². The number of rotatable bonds is 3. The van der Waals surface area contributed by atoms with Crippen molar-refractivity contribution in [1.29, 1.82) is 0 Å². The van der Waals surface area contributed by atoms with Crippen LogP contribution in [0.1, 0.15) is 20.3 Å². The second-order valence-corrected chi connectivity index (χ2v) is 3.72. The van der Waals surface area contributed by atoms with Gasteiger partial charge in [-0.3, -0.25) is 0 Å². The number of ether oxygens (including phenoxy) is 1. The van der Waals surface area contributed by atoms with Gasteiger partial charge in [0, 0.05) is 24.7 Å². The molecule has 0 aliphatic carbocycles. The van der Waals surface area contributed by atoms with Crippen LogP contribution in [0.25, 0.3) is 0 Å². The highest BCUT2D eigenvalue weighted by atomic mass is 16.5. The highest BCUT2D eigenvalue weighted by Crippen LogP contribution is 2.16. The van der Waals surface area contributed by atoms with Gasteiger partial charge in [-0.15, -0.1) is 0 Å². The third-order valence-electron chi connectivity index (χ3n) is 2.07. The van der Waals surface area contributed by atoms with Gasteiger partial charge in [0.25, 0.3) is 0 Å². The lowest BCUT2D eigenvalue weighted by molar-refractivity contribution is 0.171. The first-order valence-electron chi connectivity index (χ1n) is 4.21. The maximum absolute atomic E-state index is 5.63. The van der Waals surface area contributed by atoms with Crippen molar-refractivity contribution in [1.82, 2.24) is 5.32 Å². The topological polar surface area (TPSA) is 47.3 Å². The van der Waals surface area contributed by atoms with E-state index in [1.807, 2.05) is 6.92 Å². The molecule has 0 aromatic carbocycles. The average Bonchev–Trinajstić information content (AvgIpc) is 2.33. The summed E-state index contributed by atoms with van der Waals surface area (Å²) in [6, 6.07) is 0.229. The Hall–Kier alpha value is -0.120. The van der Waals surface area contributed by atoms with Crippen LogP contribution < -0.4 is 11.1 Å². The molecule has 1 saturated heterocycles. The fourth-order valence-corrected chi connectivity index (χ4v) is 1.21. The highest BCUT2D eigenvalue weighted by molar-refractivity contribution is 4.87. The van der Waals surface area contributed by atoms with Gasteiger partial charge in [0.05, 0.1) is 6.61 Å². The third kappa shape index (κ3) is 2.77. The zero-order valence-corrected chi connectivity index (χ0v) is 7.39. The molecule has 0 aromatic heterocycles. The van der Waals surface area contributed by atoms with Crippen molar-refractivity contribution < 1.29 is 4.74 Å².